The molecule has 2 heterocycles. The van der Waals surface area contributed by atoms with Crippen molar-refractivity contribution in [3.8, 4) is 17.5 Å². The van der Waals surface area contributed by atoms with Gasteiger partial charge in [0.15, 0.2) is 0 Å². The maximum absolute atomic E-state index is 9.13. The van der Waals surface area contributed by atoms with Gasteiger partial charge in [-0.1, -0.05) is 23.8 Å². The Balaban J connectivity index is 1.77. The van der Waals surface area contributed by atoms with Crippen molar-refractivity contribution in [3.63, 3.8) is 0 Å². The third kappa shape index (κ3) is 2.76. The molecule has 0 saturated carbocycles. The molecule has 4 rings (SSSR count). The number of hydrogen-bond acceptors (Lipinski definition) is 3. The maximum atomic E-state index is 9.13. The molecule has 0 aliphatic heterocycles. The third-order valence-corrected chi connectivity index (χ3v) is 4.58. The second kappa shape index (κ2) is 6.49. The Bertz CT molecular complexity index is 1130. The zero-order valence-corrected chi connectivity index (χ0v) is 14.8. The van der Waals surface area contributed by atoms with Gasteiger partial charge in [0.2, 0.25) is 0 Å². The van der Waals surface area contributed by atoms with Crippen LogP contribution >= 0.6 is 0 Å². The molecule has 0 saturated heterocycles. The highest BCUT2D eigenvalue weighted by Gasteiger charge is 2.13. The molecule has 0 fully saturated rings. The van der Waals surface area contributed by atoms with E-state index in [1.54, 1.807) is 0 Å². The van der Waals surface area contributed by atoms with Gasteiger partial charge < -0.3 is 9.13 Å². The lowest BCUT2D eigenvalue weighted by atomic mass is 10.1. The van der Waals surface area contributed by atoms with Crippen molar-refractivity contribution in [1.29, 1.82) is 5.26 Å². The van der Waals surface area contributed by atoms with Crippen molar-refractivity contribution in [1.82, 2.24) is 19.1 Å². The van der Waals surface area contributed by atoms with Gasteiger partial charge >= 0.3 is 0 Å². The number of nitrogens with zero attached hydrogens (tertiary/aromatic N) is 5. The van der Waals surface area contributed by atoms with Gasteiger partial charge in [-0.2, -0.15) is 5.26 Å². The first kappa shape index (κ1) is 16.1. The molecule has 26 heavy (non-hydrogen) atoms. The minimum Gasteiger partial charge on any atom is -0.327 e. The van der Waals surface area contributed by atoms with Crippen LogP contribution in [0.5, 0.6) is 0 Å². The molecule has 2 aromatic heterocycles. The molecule has 0 spiro atoms. The Morgan fingerprint density at radius 1 is 1.15 bits per heavy atom. The summed E-state index contributed by atoms with van der Waals surface area (Å²) in [5.74, 6) is 1.89. The highest BCUT2D eigenvalue weighted by Crippen LogP contribution is 2.22. The van der Waals surface area contributed by atoms with Crippen molar-refractivity contribution in [2.75, 3.05) is 0 Å². The Hall–Kier alpha value is -3.39. The topological polar surface area (TPSA) is 59.4 Å². The van der Waals surface area contributed by atoms with E-state index < -0.39 is 0 Å². The van der Waals surface area contributed by atoms with E-state index in [1.165, 1.54) is 5.56 Å². The molecule has 4 aromatic rings. The van der Waals surface area contributed by atoms with Crippen LogP contribution in [0.3, 0.4) is 0 Å². The van der Waals surface area contributed by atoms with Crippen LogP contribution in [0.15, 0.2) is 54.9 Å². The number of aromatic nitrogens is 4. The average molecular weight is 341 g/mol. The van der Waals surface area contributed by atoms with Crippen LogP contribution < -0.4 is 0 Å². The molecule has 0 atom stereocenters. The largest absolute Gasteiger partial charge is 0.327 e. The summed E-state index contributed by atoms with van der Waals surface area (Å²) < 4.78 is 4.31. The van der Waals surface area contributed by atoms with E-state index in [4.69, 9.17) is 10.2 Å². The monoisotopic (exact) mass is 341 g/mol. The summed E-state index contributed by atoms with van der Waals surface area (Å²) in [7, 11) is 0. The third-order valence-electron chi connectivity index (χ3n) is 4.58. The maximum Gasteiger partial charge on any atom is 0.140 e. The number of fused-ring (bicyclic) bond motifs is 1. The van der Waals surface area contributed by atoms with Crippen LogP contribution in [0, 0.1) is 18.3 Å². The van der Waals surface area contributed by atoms with Crippen LogP contribution in [0.4, 0.5) is 0 Å². The average Bonchev–Trinajstić information content (AvgIpc) is 3.25. The molecule has 2 aromatic carbocycles. The van der Waals surface area contributed by atoms with Crippen molar-refractivity contribution in [2.45, 2.75) is 26.9 Å². The number of aryl methyl sites for hydroxylation is 2. The van der Waals surface area contributed by atoms with E-state index >= 15 is 0 Å². The van der Waals surface area contributed by atoms with Gasteiger partial charge in [0.05, 0.1) is 29.2 Å². The molecular formula is C21H19N5. The SMILES string of the molecule is CCn1c(Cn2ccnc2-c2cccc(C)c2)nc2cc(C#N)ccc21. The molecule has 0 radical (unpaired) electrons. The van der Waals surface area contributed by atoms with Gasteiger partial charge in [-0.05, 0) is 38.1 Å². The molecule has 128 valence electrons. The fourth-order valence-corrected chi connectivity index (χ4v) is 3.36. The molecule has 0 aliphatic rings. The summed E-state index contributed by atoms with van der Waals surface area (Å²) in [6.07, 6.45) is 3.81. The summed E-state index contributed by atoms with van der Waals surface area (Å²) in [5.41, 5.74) is 4.85. The summed E-state index contributed by atoms with van der Waals surface area (Å²) in [4.78, 5) is 9.33. The molecule has 5 nitrogen and oxygen atoms in total. The van der Waals surface area contributed by atoms with Gasteiger partial charge in [-0.15, -0.1) is 0 Å². The number of imidazole rings is 2. The highest BCUT2D eigenvalue weighted by molar-refractivity contribution is 5.77. The van der Waals surface area contributed by atoms with Gasteiger partial charge in [-0.25, -0.2) is 9.97 Å². The summed E-state index contributed by atoms with van der Waals surface area (Å²) >= 11 is 0. The summed E-state index contributed by atoms with van der Waals surface area (Å²) in [6.45, 7) is 5.65. The Morgan fingerprint density at radius 3 is 2.81 bits per heavy atom. The lowest BCUT2D eigenvalue weighted by Gasteiger charge is -2.10. The van der Waals surface area contributed by atoms with Crippen molar-refractivity contribution in [2.24, 2.45) is 0 Å². The van der Waals surface area contributed by atoms with E-state index in [-0.39, 0.29) is 0 Å². The highest BCUT2D eigenvalue weighted by atomic mass is 15.1. The normalized spacial score (nSPS) is 11.0. The second-order valence-corrected chi connectivity index (χ2v) is 6.34. The zero-order chi connectivity index (χ0) is 18.1. The molecule has 0 aliphatic carbocycles. The first-order valence-corrected chi connectivity index (χ1v) is 8.67. The van der Waals surface area contributed by atoms with E-state index in [1.807, 2.05) is 36.7 Å². The van der Waals surface area contributed by atoms with Crippen molar-refractivity contribution < 1.29 is 0 Å². The number of hydrogen-bond donors (Lipinski definition) is 0. The van der Waals surface area contributed by atoms with Crippen LogP contribution in [0.25, 0.3) is 22.4 Å². The van der Waals surface area contributed by atoms with Crippen LogP contribution in [-0.4, -0.2) is 19.1 Å². The molecule has 5 heteroatoms. The summed E-state index contributed by atoms with van der Waals surface area (Å²) in [5, 5.41) is 9.13. The smallest absolute Gasteiger partial charge is 0.140 e. The predicted octanol–water partition coefficient (Wildman–Crippen LogP) is 4.15. The van der Waals surface area contributed by atoms with Gasteiger partial charge in [0, 0.05) is 24.5 Å². The first-order chi connectivity index (χ1) is 12.7. The number of rotatable bonds is 4. The molecule has 0 N–H and O–H groups in total. The second-order valence-electron chi connectivity index (χ2n) is 6.34. The Morgan fingerprint density at radius 2 is 2.04 bits per heavy atom. The molecule has 0 amide bonds. The van der Waals surface area contributed by atoms with E-state index in [2.05, 4.69) is 52.2 Å². The minimum absolute atomic E-state index is 0.632. The first-order valence-electron chi connectivity index (χ1n) is 8.67. The number of benzene rings is 2. The van der Waals surface area contributed by atoms with Crippen LogP contribution in [0.2, 0.25) is 0 Å². The van der Waals surface area contributed by atoms with Gasteiger partial charge in [-0.3, -0.25) is 0 Å². The molecular weight excluding hydrogens is 322 g/mol. The van der Waals surface area contributed by atoms with Gasteiger partial charge in [0.25, 0.3) is 0 Å². The van der Waals surface area contributed by atoms with Crippen LogP contribution in [-0.2, 0) is 13.1 Å². The van der Waals surface area contributed by atoms with Crippen LogP contribution in [0.1, 0.15) is 23.9 Å². The van der Waals surface area contributed by atoms with Crippen molar-refractivity contribution in [3.05, 3.63) is 71.8 Å². The Labute approximate surface area is 152 Å². The van der Waals surface area contributed by atoms with E-state index in [0.29, 0.717) is 12.1 Å². The lowest BCUT2D eigenvalue weighted by Crippen LogP contribution is -2.08. The summed E-state index contributed by atoms with van der Waals surface area (Å²) in [6, 6.07) is 16.2. The zero-order valence-electron chi connectivity index (χ0n) is 14.8. The van der Waals surface area contributed by atoms with E-state index in [9.17, 15) is 0 Å². The van der Waals surface area contributed by atoms with Gasteiger partial charge in [0.1, 0.15) is 11.6 Å². The fourth-order valence-electron chi connectivity index (χ4n) is 3.36. The fraction of sp³-hybridized carbons (Fsp3) is 0.190. The number of nitriles is 1. The lowest BCUT2D eigenvalue weighted by molar-refractivity contribution is 0.667. The minimum atomic E-state index is 0.632. The quantitative estimate of drug-likeness (QED) is 0.560. The van der Waals surface area contributed by atoms with Crippen molar-refractivity contribution >= 4 is 11.0 Å². The van der Waals surface area contributed by atoms with E-state index in [0.717, 1.165) is 34.8 Å². The standard InChI is InChI=1S/C21H19N5/c1-3-26-19-8-7-16(13-22)12-18(19)24-20(26)14-25-10-9-23-21(25)17-6-4-5-15(2)11-17/h4-12H,3,14H2,1-2H3. The predicted molar refractivity (Wildman–Crippen MR) is 102 cm³/mol. The molecule has 0 bridgehead atoms. The Kier molecular flexibility index (Phi) is 4.02. The molecule has 0 unspecified atom stereocenters.